The van der Waals surface area contributed by atoms with Gasteiger partial charge in [0.15, 0.2) is 0 Å². The number of hydrogen-bond acceptors (Lipinski definition) is 3. The SMILES string of the molecule is CC(=O)NCC(S)C(=O)O. The van der Waals surface area contributed by atoms with Crippen molar-refractivity contribution in [3.05, 3.63) is 0 Å². The van der Waals surface area contributed by atoms with Gasteiger partial charge in [0.1, 0.15) is 5.25 Å². The highest BCUT2D eigenvalue weighted by molar-refractivity contribution is 7.81. The second kappa shape index (κ2) is 4.16. The van der Waals surface area contributed by atoms with Crippen LogP contribution in [0.3, 0.4) is 0 Å². The molecule has 0 aliphatic carbocycles. The average molecular weight is 163 g/mol. The van der Waals surface area contributed by atoms with Gasteiger partial charge in [0, 0.05) is 13.5 Å². The molecule has 0 bridgehead atoms. The van der Waals surface area contributed by atoms with Gasteiger partial charge in [-0.15, -0.1) is 0 Å². The molecule has 0 heterocycles. The molecule has 58 valence electrons. The Balaban J connectivity index is 3.49. The zero-order valence-electron chi connectivity index (χ0n) is 5.50. The number of hydrogen-bond donors (Lipinski definition) is 3. The minimum Gasteiger partial charge on any atom is -0.480 e. The van der Waals surface area contributed by atoms with Crippen LogP contribution in [-0.4, -0.2) is 28.8 Å². The standard InChI is InChI=1S/C5H9NO3S/c1-3(7)6-2-4(10)5(8)9/h4,10H,2H2,1H3,(H,6,7)(H,8,9). The molecule has 0 aromatic heterocycles. The summed E-state index contributed by atoms with van der Waals surface area (Å²) in [6.45, 7) is 1.39. The predicted octanol–water partition coefficient (Wildman–Crippen LogP) is -0.494. The van der Waals surface area contributed by atoms with Gasteiger partial charge in [-0.3, -0.25) is 9.59 Å². The molecule has 0 fully saturated rings. The van der Waals surface area contributed by atoms with Crippen molar-refractivity contribution in [2.24, 2.45) is 0 Å². The maximum atomic E-state index is 10.2. The molecular weight excluding hydrogens is 154 g/mol. The Hall–Kier alpha value is -0.710. The summed E-state index contributed by atoms with van der Waals surface area (Å²) in [6.07, 6.45) is 0. The summed E-state index contributed by atoms with van der Waals surface area (Å²) in [6, 6.07) is 0. The van der Waals surface area contributed by atoms with Crippen molar-refractivity contribution in [1.29, 1.82) is 0 Å². The van der Waals surface area contributed by atoms with E-state index in [2.05, 4.69) is 17.9 Å². The van der Waals surface area contributed by atoms with E-state index in [0.717, 1.165) is 0 Å². The molecule has 0 aliphatic heterocycles. The Morgan fingerprint density at radius 2 is 2.20 bits per heavy atom. The first-order valence-corrected chi connectivity index (χ1v) is 3.21. The number of carboxylic acid groups (broad SMARTS) is 1. The van der Waals surface area contributed by atoms with Crippen LogP contribution < -0.4 is 5.32 Å². The summed E-state index contributed by atoms with van der Waals surface area (Å²) in [5.74, 6) is -1.28. The minimum absolute atomic E-state index is 0.0633. The van der Waals surface area contributed by atoms with Gasteiger partial charge in [0.05, 0.1) is 0 Å². The molecule has 2 N–H and O–H groups in total. The third-order valence-electron chi connectivity index (χ3n) is 0.829. The first-order chi connectivity index (χ1) is 4.54. The van der Waals surface area contributed by atoms with Crippen molar-refractivity contribution in [3.63, 3.8) is 0 Å². The fourth-order valence-electron chi connectivity index (χ4n) is 0.328. The van der Waals surface area contributed by atoms with E-state index in [1.165, 1.54) is 6.92 Å². The summed E-state index contributed by atoms with van der Waals surface area (Å²) in [5.41, 5.74) is 0. The lowest BCUT2D eigenvalue weighted by molar-refractivity contribution is -0.136. The van der Waals surface area contributed by atoms with Crippen LogP contribution in [0.25, 0.3) is 0 Å². The first kappa shape index (κ1) is 9.29. The maximum absolute atomic E-state index is 10.2. The number of carboxylic acids is 1. The van der Waals surface area contributed by atoms with Crippen LogP contribution in [0, 0.1) is 0 Å². The van der Waals surface area contributed by atoms with Gasteiger partial charge in [-0.1, -0.05) is 0 Å². The quantitative estimate of drug-likeness (QED) is 0.492. The fraction of sp³-hybridized carbons (Fsp3) is 0.600. The van der Waals surface area contributed by atoms with Crippen molar-refractivity contribution in [3.8, 4) is 0 Å². The smallest absolute Gasteiger partial charge is 0.318 e. The van der Waals surface area contributed by atoms with Crippen molar-refractivity contribution < 1.29 is 14.7 Å². The van der Waals surface area contributed by atoms with Gasteiger partial charge in [-0.25, -0.2) is 0 Å². The minimum atomic E-state index is -1.03. The molecule has 4 nitrogen and oxygen atoms in total. The molecule has 1 unspecified atom stereocenters. The van der Waals surface area contributed by atoms with Crippen LogP contribution in [0.15, 0.2) is 0 Å². The molecule has 0 spiro atoms. The Morgan fingerprint density at radius 3 is 2.50 bits per heavy atom. The number of rotatable bonds is 3. The highest BCUT2D eigenvalue weighted by Gasteiger charge is 2.10. The molecule has 0 aromatic rings. The van der Waals surface area contributed by atoms with E-state index in [1.807, 2.05) is 0 Å². The topological polar surface area (TPSA) is 66.4 Å². The first-order valence-electron chi connectivity index (χ1n) is 2.69. The molecule has 10 heavy (non-hydrogen) atoms. The van der Waals surface area contributed by atoms with Gasteiger partial charge >= 0.3 is 5.97 Å². The summed E-state index contributed by atoms with van der Waals surface area (Å²) >= 11 is 3.69. The van der Waals surface area contributed by atoms with Crippen LogP contribution in [0.2, 0.25) is 0 Å². The zero-order chi connectivity index (χ0) is 8.15. The van der Waals surface area contributed by atoms with Crippen molar-refractivity contribution >= 4 is 24.5 Å². The van der Waals surface area contributed by atoms with E-state index >= 15 is 0 Å². The summed E-state index contributed by atoms with van der Waals surface area (Å²) < 4.78 is 0. The Labute approximate surface area is 64.0 Å². The third kappa shape index (κ3) is 4.20. The number of aliphatic carboxylic acids is 1. The van der Waals surface area contributed by atoms with Gasteiger partial charge < -0.3 is 10.4 Å². The highest BCUT2D eigenvalue weighted by Crippen LogP contribution is 1.91. The number of carbonyl (C=O) groups is 2. The predicted molar refractivity (Wildman–Crippen MR) is 39.1 cm³/mol. The van der Waals surface area contributed by atoms with E-state index < -0.39 is 11.2 Å². The van der Waals surface area contributed by atoms with Gasteiger partial charge in [0.25, 0.3) is 0 Å². The number of thiol groups is 1. The van der Waals surface area contributed by atoms with Crippen LogP contribution in [-0.2, 0) is 9.59 Å². The maximum Gasteiger partial charge on any atom is 0.318 e. The average Bonchev–Trinajstić information content (AvgIpc) is 1.82. The normalized spacial score (nSPS) is 12.2. The van der Waals surface area contributed by atoms with Crippen molar-refractivity contribution in [2.45, 2.75) is 12.2 Å². The molecule has 0 aliphatic rings. The van der Waals surface area contributed by atoms with E-state index in [-0.39, 0.29) is 12.5 Å². The van der Waals surface area contributed by atoms with E-state index in [9.17, 15) is 9.59 Å². The summed E-state index contributed by atoms with van der Waals surface area (Å²) in [5, 5.41) is 9.78. The monoisotopic (exact) mass is 163 g/mol. The molecule has 0 rings (SSSR count). The lowest BCUT2D eigenvalue weighted by atomic mass is 10.4. The van der Waals surface area contributed by atoms with E-state index in [0.29, 0.717) is 0 Å². The van der Waals surface area contributed by atoms with Gasteiger partial charge in [-0.05, 0) is 0 Å². The largest absolute Gasteiger partial charge is 0.480 e. The molecule has 5 heteroatoms. The zero-order valence-corrected chi connectivity index (χ0v) is 6.39. The van der Waals surface area contributed by atoms with Gasteiger partial charge in [0.2, 0.25) is 5.91 Å². The number of nitrogens with one attached hydrogen (secondary N) is 1. The third-order valence-corrected chi connectivity index (χ3v) is 1.23. The second-order valence-electron chi connectivity index (χ2n) is 1.79. The van der Waals surface area contributed by atoms with Crippen molar-refractivity contribution in [2.75, 3.05) is 6.54 Å². The molecule has 0 radical (unpaired) electrons. The second-order valence-corrected chi connectivity index (χ2v) is 2.41. The Bertz CT molecular complexity index is 148. The van der Waals surface area contributed by atoms with Crippen LogP contribution >= 0.6 is 12.6 Å². The Kier molecular flexibility index (Phi) is 3.87. The van der Waals surface area contributed by atoms with Crippen LogP contribution in [0.4, 0.5) is 0 Å². The summed E-state index contributed by atoms with van der Waals surface area (Å²) in [7, 11) is 0. The molecular formula is C5H9NO3S. The van der Waals surface area contributed by atoms with Crippen LogP contribution in [0.1, 0.15) is 6.92 Å². The Morgan fingerprint density at radius 1 is 1.70 bits per heavy atom. The highest BCUT2D eigenvalue weighted by atomic mass is 32.1. The molecule has 0 aromatic carbocycles. The van der Waals surface area contributed by atoms with Crippen LogP contribution in [0.5, 0.6) is 0 Å². The molecule has 0 saturated carbocycles. The van der Waals surface area contributed by atoms with Gasteiger partial charge in [-0.2, -0.15) is 12.6 Å². The molecule has 0 saturated heterocycles. The van der Waals surface area contributed by atoms with Crippen molar-refractivity contribution in [1.82, 2.24) is 5.32 Å². The fourth-order valence-corrected chi connectivity index (χ4v) is 0.419. The summed E-state index contributed by atoms with van der Waals surface area (Å²) in [4.78, 5) is 20.3. The number of amides is 1. The van der Waals surface area contributed by atoms with E-state index in [4.69, 9.17) is 5.11 Å². The lowest BCUT2D eigenvalue weighted by Crippen LogP contribution is -2.31. The molecule has 1 atom stereocenters. The lowest BCUT2D eigenvalue weighted by Gasteiger charge is -2.04. The number of carbonyl (C=O) groups excluding carboxylic acids is 1. The van der Waals surface area contributed by atoms with E-state index in [1.54, 1.807) is 0 Å². The molecule has 1 amide bonds.